The molecule has 0 bridgehead atoms. The van der Waals surface area contributed by atoms with Crippen LogP contribution in [0.2, 0.25) is 0 Å². The molecule has 0 spiro atoms. The first kappa shape index (κ1) is 17.6. The highest BCUT2D eigenvalue weighted by molar-refractivity contribution is 7.89. The molecule has 0 aliphatic carbocycles. The molecule has 25 heavy (non-hydrogen) atoms. The summed E-state index contributed by atoms with van der Waals surface area (Å²) in [5.41, 5.74) is 1.52. The smallest absolute Gasteiger partial charge is 0.245 e. The van der Waals surface area contributed by atoms with E-state index in [-0.39, 0.29) is 29.7 Å². The molecule has 3 rings (SSSR count). The molecule has 2 aromatic carbocycles. The van der Waals surface area contributed by atoms with Crippen molar-refractivity contribution in [2.75, 3.05) is 18.0 Å². The number of amides is 1. The van der Waals surface area contributed by atoms with Crippen molar-refractivity contribution in [3.63, 3.8) is 0 Å². The van der Waals surface area contributed by atoms with Crippen LogP contribution in [-0.4, -0.2) is 37.8 Å². The highest BCUT2D eigenvalue weighted by Crippen LogP contribution is 2.25. The standard InChI is InChI=1S/C18H19FN2O3S/c1-13-3-9-17(10-4-13)25(23,24)21-12-11-20(18(22)14(21)2)16-7-5-15(19)6-8-16/h3-10,14H,11-12H2,1-2H3/t14-/m0/s1. The van der Waals surface area contributed by atoms with E-state index in [4.69, 9.17) is 0 Å². The maximum atomic E-state index is 13.1. The van der Waals surface area contributed by atoms with Crippen LogP contribution >= 0.6 is 0 Å². The van der Waals surface area contributed by atoms with Crippen LogP contribution in [0.15, 0.2) is 53.4 Å². The van der Waals surface area contributed by atoms with Gasteiger partial charge in [-0.3, -0.25) is 4.79 Å². The van der Waals surface area contributed by atoms with Gasteiger partial charge in [0, 0.05) is 18.8 Å². The molecule has 0 aromatic heterocycles. The molecule has 1 aliphatic heterocycles. The van der Waals surface area contributed by atoms with Gasteiger partial charge in [0.25, 0.3) is 0 Å². The minimum Gasteiger partial charge on any atom is -0.310 e. The SMILES string of the molecule is Cc1ccc(S(=O)(=O)N2CCN(c3ccc(F)cc3)C(=O)[C@@H]2C)cc1. The number of anilines is 1. The fraction of sp³-hybridized carbons (Fsp3) is 0.278. The zero-order valence-corrected chi connectivity index (χ0v) is 14.8. The second kappa shape index (κ2) is 6.57. The molecular weight excluding hydrogens is 343 g/mol. The molecule has 0 saturated carbocycles. The Labute approximate surface area is 146 Å². The van der Waals surface area contributed by atoms with Crippen molar-refractivity contribution in [1.82, 2.24) is 4.31 Å². The van der Waals surface area contributed by atoms with Crippen molar-refractivity contribution >= 4 is 21.6 Å². The molecule has 7 heteroatoms. The van der Waals surface area contributed by atoms with Crippen molar-refractivity contribution < 1.29 is 17.6 Å². The molecule has 2 aromatic rings. The average Bonchev–Trinajstić information content (AvgIpc) is 2.58. The molecule has 1 heterocycles. The third-order valence-electron chi connectivity index (χ3n) is 4.37. The Morgan fingerprint density at radius 2 is 1.60 bits per heavy atom. The molecule has 1 atom stereocenters. The number of carbonyl (C=O) groups is 1. The van der Waals surface area contributed by atoms with E-state index in [1.165, 1.54) is 33.5 Å². The van der Waals surface area contributed by atoms with Gasteiger partial charge in [0.15, 0.2) is 0 Å². The van der Waals surface area contributed by atoms with Gasteiger partial charge in [-0.25, -0.2) is 12.8 Å². The molecule has 1 saturated heterocycles. The minimum atomic E-state index is -3.75. The van der Waals surface area contributed by atoms with Crippen molar-refractivity contribution in [3.8, 4) is 0 Å². The van der Waals surface area contributed by atoms with Crippen LogP contribution < -0.4 is 4.90 Å². The summed E-state index contributed by atoms with van der Waals surface area (Å²) in [6.07, 6.45) is 0. The maximum Gasteiger partial charge on any atom is 0.245 e. The van der Waals surface area contributed by atoms with E-state index in [1.54, 1.807) is 31.2 Å². The van der Waals surface area contributed by atoms with Gasteiger partial charge in [0.1, 0.15) is 11.9 Å². The van der Waals surface area contributed by atoms with Crippen molar-refractivity contribution in [1.29, 1.82) is 0 Å². The van der Waals surface area contributed by atoms with Gasteiger partial charge in [-0.2, -0.15) is 4.31 Å². The maximum absolute atomic E-state index is 13.1. The predicted octanol–water partition coefficient (Wildman–Crippen LogP) is 2.56. The Morgan fingerprint density at radius 1 is 1.00 bits per heavy atom. The summed E-state index contributed by atoms with van der Waals surface area (Å²) in [6, 6.07) is 11.3. The zero-order valence-electron chi connectivity index (χ0n) is 14.0. The van der Waals surface area contributed by atoms with Gasteiger partial charge in [0.2, 0.25) is 15.9 Å². The average molecular weight is 362 g/mol. The molecule has 0 radical (unpaired) electrons. The fourth-order valence-corrected chi connectivity index (χ4v) is 4.48. The number of rotatable bonds is 3. The molecular formula is C18H19FN2O3S. The number of halogens is 1. The Kier molecular flexibility index (Phi) is 4.62. The molecule has 1 fully saturated rings. The van der Waals surface area contributed by atoms with Crippen LogP contribution in [0.4, 0.5) is 10.1 Å². The van der Waals surface area contributed by atoms with E-state index in [2.05, 4.69) is 0 Å². The Balaban J connectivity index is 1.86. The minimum absolute atomic E-state index is 0.174. The predicted molar refractivity (Wildman–Crippen MR) is 93.3 cm³/mol. The lowest BCUT2D eigenvalue weighted by molar-refractivity contribution is -0.123. The first-order valence-electron chi connectivity index (χ1n) is 7.96. The van der Waals surface area contributed by atoms with E-state index in [0.717, 1.165) is 5.56 Å². The number of hydrogen-bond acceptors (Lipinski definition) is 3. The van der Waals surface area contributed by atoms with E-state index in [1.807, 2.05) is 6.92 Å². The third kappa shape index (κ3) is 3.29. The molecule has 5 nitrogen and oxygen atoms in total. The van der Waals surface area contributed by atoms with Gasteiger partial charge in [-0.05, 0) is 50.2 Å². The number of carbonyl (C=O) groups excluding carboxylic acids is 1. The topological polar surface area (TPSA) is 57.7 Å². The largest absolute Gasteiger partial charge is 0.310 e. The quantitative estimate of drug-likeness (QED) is 0.843. The molecule has 1 amide bonds. The van der Waals surface area contributed by atoms with Crippen LogP contribution in [0.5, 0.6) is 0 Å². The summed E-state index contributed by atoms with van der Waals surface area (Å²) < 4.78 is 40.0. The zero-order chi connectivity index (χ0) is 18.2. The van der Waals surface area contributed by atoms with Gasteiger partial charge >= 0.3 is 0 Å². The van der Waals surface area contributed by atoms with E-state index < -0.39 is 16.1 Å². The summed E-state index contributed by atoms with van der Waals surface area (Å²) in [5.74, 6) is -0.710. The van der Waals surface area contributed by atoms with Crippen LogP contribution in [0.3, 0.4) is 0 Å². The van der Waals surface area contributed by atoms with Crippen LogP contribution in [0, 0.1) is 12.7 Å². The second-order valence-electron chi connectivity index (χ2n) is 6.07. The highest BCUT2D eigenvalue weighted by Gasteiger charge is 2.39. The number of nitrogens with zero attached hydrogens (tertiary/aromatic N) is 2. The van der Waals surface area contributed by atoms with Gasteiger partial charge < -0.3 is 4.90 Å². The van der Waals surface area contributed by atoms with Gasteiger partial charge in [-0.15, -0.1) is 0 Å². The number of piperazine rings is 1. The summed E-state index contributed by atoms with van der Waals surface area (Å²) in [7, 11) is -3.75. The lowest BCUT2D eigenvalue weighted by Gasteiger charge is -2.38. The van der Waals surface area contributed by atoms with Crippen molar-refractivity contribution in [3.05, 3.63) is 59.9 Å². The van der Waals surface area contributed by atoms with E-state index in [0.29, 0.717) is 5.69 Å². The fourth-order valence-electron chi connectivity index (χ4n) is 2.90. The van der Waals surface area contributed by atoms with Crippen LogP contribution in [0.25, 0.3) is 0 Å². The highest BCUT2D eigenvalue weighted by atomic mass is 32.2. The molecule has 0 unspecified atom stereocenters. The van der Waals surface area contributed by atoms with Crippen LogP contribution in [0.1, 0.15) is 12.5 Å². The normalized spacial score (nSPS) is 19.2. The molecule has 132 valence electrons. The monoisotopic (exact) mass is 362 g/mol. The van der Waals surface area contributed by atoms with E-state index in [9.17, 15) is 17.6 Å². The molecule has 1 aliphatic rings. The Bertz CT molecular complexity index is 880. The van der Waals surface area contributed by atoms with Gasteiger partial charge in [0.05, 0.1) is 4.90 Å². The number of aryl methyl sites for hydroxylation is 1. The number of benzene rings is 2. The summed E-state index contributed by atoms with van der Waals surface area (Å²) >= 11 is 0. The van der Waals surface area contributed by atoms with E-state index >= 15 is 0 Å². The third-order valence-corrected chi connectivity index (χ3v) is 6.35. The first-order chi connectivity index (χ1) is 11.8. The first-order valence-corrected chi connectivity index (χ1v) is 9.40. The van der Waals surface area contributed by atoms with Crippen LogP contribution in [-0.2, 0) is 14.8 Å². The summed E-state index contributed by atoms with van der Waals surface area (Å²) in [5, 5.41) is 0. The summed E-state index contributed by atoms with van der Waals surface area (Å²) in [6.45, 7) is 3.86. The van der Waals surface area contributed by atoms with Crippen molar-refractivity contribution in [2.45, 2.75) is 24.8 Å². The lowest BCUT2D eigenvalue weighted by atomic mass is 10.2. The molecule has 0 N–H and O–H groups in total. The number of hydrogen-bond donors (Lipinski definition) is 0. The Hall–Kier alpha value is -2.25. The number of sulfonamides is 1. The summed E-state index contributed by atoms with van der Waals surface area (Å²) in [4.78, 5) is 14.3. The van der Waals surface area contributed by atoms with Crippen molar-refractivity contribution in [2.24, 2.45) is 0 Å². The van der Waals surface area contributed by atoms with Gasteiger partial charge in [-0.1, -0.05) is 17.7 Å². The Morgan fingerprint density at radius 3 is 2.20 bits per heavy atom. The second-order valence-corrected chi connectivity index (χ2v) is 7.96. The lowest BCUT2D eigenvalue weighted by Crippen LogP contribution is -2.57.